The van der Waals surface area contributed by atoms with Crippen LogP contribution < -0.4 is 5.56 Å². The van der Waals surface area contributed by atoms with Gasteiger partial charge in [-0.25, -0.2) is 4.98 Å². The van der Waals surface area contributed by atoms with Crippen LogP contribution in [0.25, 0.3) is 44.8 Å². The van der Waals surface area contributed by atoms with Crippen molar-refractivity contribution < 1.29 is 0 Å². The fourth-order valence-electron chi connectivity index (χ4n) is 5.79. The number of nitrogens with one attached hydrogen (secondary N) is 2. The summed E-state index contributed by atoms with van der Waals surface area (Å²) in [4.78, 5) is 30.5. The van der Waals surface area contributed by atoms with E-state index in [1.165, 1.54) is 5.56 Å². The van der Waals surface area contributed by atoms with Crippen molar-refractivity contribution in [3.63, 3.8) is 0 Å². The Labute approximate surface area is 243 Å². The Bertz CT molecular complexity index is 1860. The first-order valence-electron chi connectivity index (χ1n) is 14.4. The molecule has 0 atom stereocenters. The number of pyridine rings is 3. The largest absolute Gasteiger partial charge is 0.328 e. The Morgan fingerprint density at radius 3 is 2.45 bits per heavy atom. The van der Waals surface area contributed by atoms with Crippen molar-refractivity contribution in [1.82, 2.24) is 35.0 Å². The summed E-state index contributed by atoms with van der Waals surface area (Å²) in [7, 11) is 0. The molecule has 0 radical (unpaired) electrons. The van der Waals surface area contributed by atoms with Crippen LogP contribution in [0.5, 0.6) is 0 Å². The van der Waals surface area contributed by atoms with E-state index in [2.05, 4.69) is 66.4 Å². The number of H-pyrrole nitrogens is 2. The summed E-state index contributed by atoms with van der Waals surface area (Å²) in [5, 5.41) is 9.35. The van der Waals surface area contributed by atoms with Crippen molar-refractivity contribution in [2.24, 2.45) is 0 Å². The van der Waals surface area contributed by atoms with Gasteiger partial charge in [0, 0.05) is 36.0 Å². The van der Waals surface area contributed by atoms with Crippen molar-refractivity contribution in [3.8, 4) is 33.9 Å². The number of hydrogen-bond acceptors (Lipinski definition) is 6. The molecular weight excluding hydrogens is 522 g/mol. The highest BCUT2D eigenvalue weighted by Gasteiger charge is 2.23. The number of benzene rings is 2. The van der Waals surface area contributed by atoms with Gasteiger partial charge in [-0.05, 0) is 67.7 Å². The maximum Gasteiger partial charge on any atom is 0.257 e. The van der Waals surface area contributed by atoms with E-state index < -0.39 is 0 Å². The van der Waals surface area contributed by atoms with Gasteiger partial charge in [0.15, 0.2) is 5.82 Å². The molecule has 1 aliphatic heterocycles. The first-order valence-corrected chi connectivity index (χ1v) is 14.4. The molecule has 8 nitrogen and oxygen atoms in total. The minimum absolute atomic E-state index is 0.127. The molecule has 5 heterocycles. The normalized spacial score (nSPS) is 14.4. The Hall–Kier alpha value is -4.95. The van der Waals surface area contributed by atoms with E-state index in [1.807, 2.05) is 48.5 Å². The van der Waals surface area contributed by atoms with Crippen LogP contribution in [0.15, 0.2) is 102 Å². The third-order valence-corrected chi connectivity index (χ3v) is 8.17. The Morgan fingerprint density at radius 1 is 0.857 bits per heavy atom. The number of piperidine rings is 1. The van der Waals surface area contributed by atoms with Crippen LogP contribution in [-0.4, -0.2) is 54.7 Å². The number of hydrogen-bond donors (Lipinski definition) is 2. The summed E-state index contributed by atoms with van der Waals surface area (Å²) in [5.74, 6) is 2.10. The van der Waals surface area contributed by atoms with E-state index in [9.17, 15) is 4.79 Å². The van der Waals surface area contributed by atoms with Gasteiger partial charge in [-0.2, -0.15) is 0 Å². The van der Waals surface area contributed by atoms with Gasteiger partial charge in [0.25, 0.3) is 5.56 Å². The standard InChI is InChI=1S/C34H31N7O/c42-34-28-22-27(24-6-2-1-3-7-24)31(37-29(28)13-18-36-34)25-11-9-23(10-12-25)14-19-41-20-15-26(16-21-41)32-38-33(40-39-32)30-8-4-5-17-35-30/h1-13,17-18,22,26H,14-16,19-21H2,(H,36,42)(H,38,39,40). The van der Waals surface area contributed by atoms with E-state index in [4.69, 9.17) is 4.98 Å². The van der Waals surface area contributed by atoms with Crippen molar-refractivity contribution >= 4 is 10.9 Å². The molecule has 0 unspecified atom stereocenters. The number of aromatic amines is 2. The quantitative estimate of drug-likeness (QED) is 0.257. The number of aromatic nitrogens is 6. The summed E-state index contributed by atoms with van der Waals surface area (Å²) in [6.07, 6.45) is 6.54. The second-order valence-corrected chi connectivity index (χ2v) is 10.8. The van der Waals surface area contributed by atoms with E-state index in [1.54, 1.807) is 12.4 Å². The molecule has 1 aliphatic rings. The molecule has 0 aliphatic carbocycles. The summed E-state index contributed by atoms with van der Waals surface area (Å²) in [5.41, 5.74) is 6.60. The molecule has 208 valence electrons. The molecule has 6 aromatic rings. The van der Waals surface area contributed by atoms with E-state index in [0.717, 1.165) is 78.6 Å². The molecular formula is C34H31N7O. The summed E-state index contributed by atoms with van der Waals surface area (Å²) < 4.78 is 0. The summed E-state index contributed by atoms with van der Waals surface area (Å²) in [6, 6.07) is 28.5. The lowest BCUT2D eigenvalue weighted by Gasteiger charge is -2.30. The van der Waals surface area contributed by atoms with Crippen LogP contribution in [0.2, 0.25) is 0 Å². The monoisotopic (exact) mass is 553 g/mol. The summed E-state index contributed by atoms with van der Waals surface area (Å²) in [6.45, 7) is 3.11. The number of fused-ring (bicyclic) bond motifs is 1. The van der Waals surface area contributed by atoms with Gasteiger partial charge >= 0.3 is 0 Å². The zero-order valence-electron chi connectivity index (χ0n) is 23.2. The first kappa shape index (κ1) is 26.0. The maximum absolute atomic E-state index is 12.5. The average molecular weight is 554 g/mol. The fourth-order valence-corrected chi connectivity index (χ4v) is 5.79. The molecule has 42 heavy (non-hydrogen) atoms. The highest BCUT2D eigenvalue weighted by molar-refractivity contribution is 5.91. The molecule has 0 spiro atoms. The van der Waals surface area contributed by atoms with Gasteiger partial charge in [-0.1, -0.05) is 60.7 Å². The molecule has 1 fully saturated rings. The smallest absolute Gasteiger partial charge is 0.257 e. The molecule has 7 rings (SSSR count). The van der Waals surface area contributed by atoms with Crippen LogP contribution >= 0.6 is 0 Å². The lowest BCUT2D eigenvalue weighted by atomic mass is 9.95. The average Bonchev–Trinajstić information content (AvgIpc) is 3.55. The minimum Gasteiger partial charge on any atom is -0.328 e. The van der Waals surface area contributed by atoms with Crippen molar-refractivity contribution in [2.45, 2.75) is 25.2 Å². The molecule has 2 N–H and O–H groups in total. The van der Waals surface area contributed by atoms with Gasteiger partial charge in [-0.3, -0.25) is 9.78 Å². The zero-order chi connectivity index (χ0) is 28.3. The fraction of sp³-hybridized carbons (Fsp3) is 0.206. The van der Waals surface area contributed by atoms with E-state index >= 15 is 0 Å². The second kappa shape index (κ2) is 11.5. The third-order valence-electron chi connectivity index (χ3n) is 8.17. The molecule has 0 bridgehead atoms. The highest BCUT2D eigenvalue weighted by atomic mass is 16.1. The van der Waals surface area contributed by atoms with Crippen molar-refractivity contribution in [1.29, 1.82) is 0 Å². The number of rotatable bonds is 7. The van der Waals surface area contributed by atoms with Gasteiger partial charge < -0.3 is 14.9 Å². The Balaban J connectivity index is 1.02. The van der Waals surface area contributed by atoms with Gasteiger partial charge in [0.05, 0.1) is 16.6 Å². The molecule has 2 aromatic carbocycles. The van der Waals surface area contributed by atoms with Crippen molar-refractivity contribution in [2.75, 3.05) is 19.6 Å². The predicted molar refractivity (Wildman–Crippen MR) is 165 cm³/mol. The maximum atomic E-state index is 12.5. The van der Waals surface area contributed by atoms with Gasteiger partial charge in [0.2, 0.25) is 0 Å². The number of nitrogens with zero attached hydrogens (tertiary/aromatic N) is 5. The van der Waals surface area contributed by atoms with Crippen LogP contribution in [0.3, 0.4) is 0 Å². The summed E-state index contributed by atoms with van der Waals surface area (Å²) >= 11 is 0. The molecule has 0 saturated carbocycles. The van der Waals surface area contributed by atoms with Crippen LogP contribution in [0.1, 0.15) is 30.1 Å². The minimum atomic E-state index is -0.127. The van der Waals surface area contributed by atoms with E-state index in [0.29, 0.717) is 16.8 Å². The lowest BCUT2D eigenvalue weighted by Crippen LogP contribution is -2.34. The van der Waals surface area contributed by atoms with Crippen LogP contribution in [-0.2, 0) is 6.42 Å². The van der Waals surface area contributed by atoms with Gasteiger partial charge in [-0.15, -0.1) is 10.2 Å². The molecule has 0 amide bonds. The Morgan fingerprint density at radius 2 is 1.67 bits per heavy atom. The number of likely N-dealkylation sites (tertiary alicyclic amines) is 1. The van der Waals surface area contributed by atoms with Gasteiger partial charge in [0.1, 0.15) is 11.5 Å². The highest BCUT2D eigenvalue weighted by Crippen LogP contribution is 2.33. The van der Waals surface area contributed by atoms with E-state index in [-0.39, 0.29) is 5.56 Å². The van der Waals surface area contributed by atoms with Crippen LogP contribution in [0, 0.1) is 0 Å². The topological polar surface area (TPSA) is 103 Å². The molecule has 1 saturated heterocycles. The third kappa shape index (κ3) is 5.36. The predicted octanol–water partition coefficient (Wildman–Crippen LogP) is 5.86. The zero-order valence-corrected chi connectivity index (χ0v) is 23.2. The Kier molecular flexibility index (Phi) is 7.12. The first-order chi connectivity index (χ1) is 20.7. The molecule has 4 aromatic heterocycles. The second-order valence-electron chi connectivity index (χ2n) is 10.8. The lowest BCUT2D eigenvalue weighted by molar-refractivity contribution is 0.211. The SMILES string of the molecule is O=c1[nH]ccc2nc(-c3ccc(CCN4CCC(c5nnc(-c6ccccn6)[nH]5)CC4)cc3)c(-c3ccccc3)cc12. The molecule has 8 heteroatoms. The van der Waals surface area contributed by atoms with Crippen molar-refractivity contribution in [3.05, 3.63) is 119 Å². The van der Waals surface area contributed by atoms with Crippen LogP contribution in [0.4, 0.5) is 0 Å².